The van der Waals surface area contributed by atoms with Gasteiger partial charge in [-0.3, -0.25) is 4.57 Å². The van der Waals surface area contributed by atoms with Crippen molar-refractivity contribution in [2.45, 2.75) is 40.5 Å². The highest BCUT2D eigenvalue weighted by atomic mass is 127. The molecule has 0 aliphatic rings. The zero-order valence-electron chi connectivity index (χ0n) is 18.2. The van der Waals surface area contributed by atoms with E-state index in [0.717, 1.165) is 22.8 Å². The van der Waals surface area contributed by atoms with Crippen LogP contribution in [0.2, 0.25) is 0 Å². The summed E-state index contributed by atoms with van der Waals surface area (Å²) >= 11 is 0. The minimum absolute atomic E-state index is 0. The fourth-order valence-electron chi connectivity index (χ4n) is 3.02. The number of alkyl halides is 2. The van der Waals surface area contributed by atoms with Crippen LogP contribution in [0.5, 0.6) is 5.75 Å². The van der Waals surface area contributed by atoms with Crippen molar-refractivity contribution in [1.29, 1.82) is 0 Å². The second-order valence-electron chi connectivity index (χ2n) is 6.91. The van der Waals surface area contributed by atoms with E-state index >= 15 is 0 Å². The summed E-state index contributed by atoms with van der Waals surface area (Å²) in [6.07, 6.45) is 5.37. The van der Waals surface area contributed by atoms with E-state index in [4.69, 9.17) is 0 Å². The van der Waals surface area contributed by atoms with Crippen molar-refractivity contribution < 1.29 is 13.5 Å². The molecule has 0 saturated carbocycles. The van der Waals surface area contributed by atoms with Gasteiger partial charge in [-0.15, -0.1) is 24.0 Å². The molecule has 3 aromatic rings. The lowest BCUT2D eigenvalue weighted by Gasteiger charge is -2.15. The van der Waals surface area contributed by atoms with Gasteiger partial charge in [0.15, 0.2) is 5.96 Å². The fourth-order valence-corrected chi connectivity index (χ4v) is 3.02. The van der Waals surface area contributed by atoms with Gasteiger partial charge >= 0.3 is 6.61 Å². The molecule has 0 spiro atoms. The molecule has 32 heavy (non-hydrogen) atoms. The largest absolute Gasteiger partial charge is 0.434 e. The lowest BCUT2D eigenvalue weighted by molar-refractivity contribution is -0.0504. The molecule has 0 bridgehead atoms. The first-order chi connectivity index (χ1) is 15.0. The number of halogens is 3. The molecule has 0 unspecified atom stereocenters. The molecular weight excluding hydrogens is 529 g/mol. The average molecular weight is 556 g/mol. The standard InChI is InChI=1S/C22H26F2N6O.HI/c1-4-25-22(29-14-18-11-15(2)5-7-19(18)31-21(23)24)28-13-17-6-8-20(27-12-17)30-10-9-26-16(30)3;/h5-12,21H,4,13-14H2,1-3H3,(H2,25,28,29);1H. The molecule has 0 aliphatic carbocycles. The third kappa shape index (κ3) is 7.14. The van der Waals surface area contributed by atoms with Gasteiger partial charge in [0, 0.05) is 37.2 Å². The third-order valence-electron chi connectivity index (χ3n) is 4.52. The van der Waals surface area contributed by atoms with E-state index in [1.165, 1.54) is 0 Å². The van der Waals surface area contributed by atoms with Crippen LogP contribution in [0.25, 0.3) is 5.82 Å². The fraction of sp³-hybridized carbons (Fsp3) is 0.318. The summed E-state index contributed by atoms with van der Waals surface area (Å²) in [5.41, 5.74) is 2.53. The van der Waals surface area contributed by atoms with Crippen LogP contribution in [-0.2, 0) is 13.1 Å². The molecule has 0 saturated heterocycles. The van der Waals surface area contributed by atoms with Gasteiger partial charge in [-0.25, -0.2) is 15.0 Å². The van der Waals surface area contributed by atoms with Crippen LogP contribution >= 0.6 is 24.0 Å². The van der Waals surface area contributed by atoms with Gasteiger partial charge in [-0.2, -0.15) is 8.78 Å². The summed E-state index contributed by atoms with van der Waals surface area (Å²) in [5, 5.41) is 6.33. The average Bonchev–Trinajstić information content (AvgIpc) is 3.17. The van der Waals surface area contributed by atoms with Crippen LogP contribution < -0.4 is 15.4 Å². The number of rotatable bonds is 8. The summed E-state index contributed by atoms with van der Waals surface area (Å²) in [6, 6.07) is 8.99. The maximum atomic E-state index is 12.7. The Morgan fingerprint density at radius 1 is 1.16 bits per heavy atom. The number of pyridine rings is 1. The van der Waals surface area contributed by atoms with E-state index in [1.807, 2.05) is 49.7 Å². The Kier molecular flexibility index (Phi) is 9.82. The molecular formula is C22H27F2IN6O. The van der Waals surface area contributed by atoms with Gasteiger partial charge in [0.2, 0.25) is 0 Å². The Balaban J connectivity index is 0.00000363. The number of ether oxygens (including phenoxy) is 1. The number of benzene rings is 1. The molecule has 0 aliphatic heterocycles. The molecule has 0 atom stereocenters. The molecule has 0 amide bonds. The number of hydrogen-bond donors (Lipinski definition) is 2. The van der Waals surface area contributed by atoms with Gasteiger partial charge in [-0.05, 0) is 38.5 Å². The number of nitrogens with one attached hydrogen (secondary N) is 2. The highest BCUT2D eigenvalue weighted by molar-refractivity contribution is 14.0. The number of aromatic nitrogens is 3. The van der Waals surface area contributed by atoms with E-state index in [2.05, 4.69) is 30.3 Å². The van der Waals surface area contributed by atoms with E-state index in [1.54, 1.807) is 24.5 Å². The Hall–Kier alpha value is -2.76. The summed E-state index contributed by atoms with van der Waals surface area (Å²) in [5.74, 6) is 2.38. The van der Waals surface area contributed by atoms with Crippen LogP contribution in [0.15, 0.2) is 53.9 Å². The maximum Gasteiger partial charge on any atom is 0.387 e. The van der Waals surface area contributed by atoms with Gasteiger partial charge in [-0.1, -0.05) is 23.8 Å². The monoisotopic (exact) mass is 556 g/mol. The van der Waals surface area contributed by atoms with Gasteiger partial charge in [0.25, 0.3) is 0 Å². The molecule has 0 radical (unpaired) electrons. The van der Waals surface area contributed by atoms with Crippen molar-refractivity contribution in [3.8, 4) is 11.6 Å². The number of imidazole rings is 1. The Morgan fingerprint density at radius 3 is 2.59 bits per heavy atom. The number of hydrogen-bond acceptors (Lipinski definition) is 4. The zero-order chi connectivity index (χ0) is 22.2. The maximum absolute atomic E-state index is 12.7. The SMILES string of the molecule is CCNC(=NCc1ccc(-n2ccnc2C)nc1)NCc1cc(C)ccc1OC(F)F.I. The van der Waals surface area contributed by atoms with Crippen molar-refractivity contribution in [3.05, 3.63) is 71.4 Å². The molecule has 2 aromatic heterocycles. The van der Waals surface area contributed by atoms with Crippen molar-refractivity contribution in [2.24, 2.45) is 4.99 Å². The third-order valence-corrected chi connectivity index (χ3v) is 4.52. The van der Waals surface area contributed by atoms with Crippen LogP contribution in [0.4, 0.5) is 8.78 Å². The molecule has 2 N–H and O–H groups in total. The summed E-state index contributed by atoms with van der Waals surface area (Å²) in [7, 11) is 0. The second-order valence-corrected chi connectivity index (χ2v) is 6.91. The van der Waals surface area contributed by atoms with E-state index < -0.39 is 6.61 Å². The van der Waals surface area contributed by atoms with E-state index in [0.29, 0.717) is 31.2 Å². The minimum Gasteiger partial charge on any atom is -0.434 e. The number of nitrogens with zero attached hydrogens (tertiary/aromatic N) is 4. The van der Waals surface area contributed by atoms with Crippen LogP contribution in [0.3, 0.4) is 0 Å². The second kappa shape index (κ2) is 12.3. The lowest BCUT2D eigenvalue weighted by atomic mass is 10.1. The first-order valence-corrected chi connectivity index (χ1v) is 9.98. The molecule has 10 heteroatoms. The van der Waals surface area contributed by atoms with Crippen LogP contribution in [-0.4, -0.2) is 33.7 Å². The van der Waals surface area contributed by atoms with Crippen LogP contribution in [0.1, 0.15) is 29.4 Å². The molecule has 172 valence electrons. The number of guanidine groups is 1. The normalized spacial score (nSPS) is 11.2. The van der Waals surface area contributed by atoms with Gasteiger partial charge in [0.1, 0.15) is 17.4 Å². The number of aryl methyl sites for hydroxylation is 2. The quantitative estimate of drug-likeness (QED) is 0.245. The Morgan fingerprint density at radius 2 is 1.97 bits per heavy atom. The lowest BCUT2D eigenvalue weighted by Crippen LogP contribution is -2.36. The van der Waals surface area contributed by atoms with E-state index in [9.17, 15) is 8.78 Å². The van der Waals surface area contributed by atoms with Crippen molar-refractivity contribution in [2.75, 3.05) is 6.54 Å². The number of aliphatic imine (C=N–C) groups is 1. The first kappa shape index (κ1) is 25.5. The molecule has 0 fully saturated rings. The van der Waals surface area contributed by atoms with Crippen molar-refractivity contribution >= 4 is 29.9 Å². The predicted octanol–water partition coefficient (Wildman–Crippen LogP) is 4.36. The molecule has 2 heterocycles. The Bertz CT molecular complexity index is 1020. The summed E-state index contributed by atoms with van der Waals surface area (Å²) < 4.78 is 31.9. The Labute approximate surface area is 203 Å². The first-order valence-electron chi connectivity index (χ1n) is 9.98. The highest BCUT2D eigenvalue weighted by Gasteiger charge is 2.10. The highest BCUT2D eigenvalue weighted by Crippen LogP contribution is 2.22. The predicted molar refractivity (Wildman–Crippen MR) is 131 cm³/mol. The van der Waals surface area contributed by atoms with Crippen molar-refractivity contribution in [3.63, 3.8) is 0 Å². The van der Waals surface area contributed by atoms with Crippen LogP contribution in [0, 0.1) is 13.8 Å². The van der Waals surface area contributed by atoms with Gasteiger partial charge in [0.05, 0.1) is 6.54 Å². The topological polar surface area (TPSA) is 76.4 Å². The molecule has 3 rings (SSSR count). The smallest absolute Gasteiger partial charge is 0.387 e. The summed E-state index contributed by atoms with van der Waals surface area (Å²) in [6.45, 7) is 4.28. The summed E-state index contributed by atoms with van der Waals surface area (Å²) in [4.78, 5) is 13.2. The van der Waals surface area contributed by atoms with Gasteiger partial charge < -0.3 is 15.4 Å². The molecule has 1 aromatic carbocycles. The van der Waals surface area contributed by atoms with E-state index in [-0.39, 0.29) is 29.7 Å². The minimum atomic E-state index is -2.87. The van der Waals surface area contributed by atoms with Crippen molar-refractivity contribution in [1.82, 2.24) is 25.2 Å². The zero-order valence-corrected chi connectivity index (χ0v) is 20.5. The molecule has 7 nitrogen and oxygen atoms in total.